The van der Waals surface area contributed by atoms with E-state index in [1.807, 2.05) is 12.1 Å². The molecule has 1 aliphatic carbocycles. The molecule has 0 N–H and O–H groups in total. The van der Waals surface area contributed by atoms with E-state index in [0.29, 0.717) is 11.8 Å². The molecule has 0 saturated heterocycles. The van der Waals surface area contributed by atoms with E-state index in [9.17, 15) is 0 Å². The van der Waals surface area contributed by atoms with Crippen molar-refractivity contribution in [2.75, 3.05) is 7.05 Å². The quantitative estimate of drug-likeness (QED) is 0.655. The van der Waals surface area contributed by atoms with Gasteiger partial charge in [0, 0.05) is 29.6 Å². The Bertz CT molecular complexity index is 978. The number of benzene rings is 1. The molecule has 1 aliphatic heterocycles. The van der Waals surface area contributed by atoms with Crippen LogP contribution in [0.25, 0.3) is 5.69 Å². The molecule has 0 atom stereocenters. The van der Waals surface area contributed by atoms with E-state index in [-0.39, 0.29) is 0 Å². The average Bonchev–Trinajstić information content (AvgIpc) is 3.06. The lowest BCUT2D eigenvalue weighted by molar-refractivity contribution is 0.315. The minimum absolute atomic E-state index is 0.418. The summed E-state index contributed by atoms with van der Waals surface area (Å²) in [6.07, 6.45) is 6.15. The summed E-state index contributed by atoms with van der Waals surface area (Å²) in [6.45, 7) is 1.65. The molecule has 144 valence electrons. The van der Waals surface area contributed by atoms with Crippen LogP contribution in [0.1, 0.15) is 60.4 Å². The highest BCUT2D eigenvalue weighted by molar-refractivity contribution is 6.30. The van der Waals surface area contributed by atoms with Gasteiger partial charge in [-0.3, -0.25) is 9.47 Å². The monoisotopic (exact) mass is 394 g/mol. The van der Waals surface area contributed by atoms with E-state index >= 15 is 0 Å². The average molecular weight is 395 g/mol. The third kappa shape index (κ3) is 3.20. The van der Waals surface area contributed by atoms with Crippen LogP contribution in [0.4, 0.5) is 0 Å². The summed E-state index contributed by atoms with van der Waals surface area (Å²) in [4.78, 5) is 2.26. The molecule has 0 bridgehead atoms. The molecule has 0 amide bonds. The zero-order valence-corrected chi connectivity index (χ0v) is 16.7. The van der Waals surface area contributed by atoms with Crippen molar-refractivity contribution in [3.05, 3.63) is 64.5 Å². The molecule has 0 radical (unpaired) electrons. The first kappa shape index (κ1) is 17.8. The lowest BCUT2D eigenvalue weighted by Gasteiger charge is -2.28. The maximum atomic E-state index is 6.27. The van der Waals surface area contributed by atoms with E-state index in [1.165, 1.54) is 11.3 Å². The SMILES string of the molecule is CN1Cc2cc(Cl)ccc2-n2c(nnc2C2CCC(c3cccnn3)CC2)C1. The maximum absolute atomic E-state index is 6.27. The second-order valence-corrected chi connectivity index (χ2v) is 8.39. The topological polar surface area (TPSA) is 59.7 Å². The first-order valence-electron chi connectivity index (χ1n) is 9.88. The van der Waals surface area contributed by atoms with Crippen molar-refractivity contribution >= 4 is 11.6 Å². The van der Waals surface area contributed by atoms with Gasteiger partial charge < -0.3 is 0 Å². The molecule has 2 aromatic heterocycles. The van der Waals surface area contributed by atoms with Crippen molar-refractivity contribution < 1.29 is 0 Å². The molecule has 3 aromatic rings. The minimum Gasteiger partial charge on any atom is -0.295 e. The van der Waals surface area contributed by atoms with Crippen LogP contribution in [0.2, 0.25) is 5.02 Å². The molecule has 2 aliphatic rings. The zero-order valence-electron chi connectivity index (χ0n) is 15.9. The van der Waals surface area contributed by atoms with E-state index < -0.39 is 0 Å². The smallest absolute Gasteiger partial charge is 0.151 e. The highest BCUT2D eigenvalue weighted by Crippen LogP contribution is 2.40. The Kier molecular flexibility index (Phi) is 4.61. The van der Waals surface area contributed by atoms with Crippen LogP contribution in [-0.2, 0) is 13.1 Å². The molecular weight excluding hydrogens is 372 g/mol. The summed E-state index contributed by atoms with van der Waals surface area (Å²) in [7, 11) is 2.11. The van der Waals surface area contributed by atoms with Crippen molar-refractivity contribution in [3.8, 4) is 5.69 Å². The van der Waals surface area contributed by atoms with Gasteiger partial charge in [-0.25, -0.2) is 0 Å². The third-order valence-corrected chi connectivity index (χ3v) is 6.23. The van der Waals surface area contributed by atoms with Gasteiger partial charge in [0.05, 0.1) is 17.9 Å². The predicted octanol–water partition coefficient (Wildman–Crippen LogP) is 4.10. The Morgan fingerprint density at radius 3 is 2.57 bits per heavy atom. The second-order valence-electron chi connectivity index (χ2n) is 7.95. The fourth-order valence-corrected chi connectivity index (χ4v) is 4.82. The van der Waals surface area contributed by atoms with Crippen LogP contribution in [0.3, 0.4) is 0 Å². The van der Waals surface area contributed by atoms with Gasteiger partial charge in [-0.05, 0) is 68.6 Å². The second kappa shape index (κ2) is 7.26. The summed E-state index contributed by atoms with van der Waals surface area (Å²) in [5, 5.41) is 18.3. The highest BCUT2D eigenvalue weighted by atomic mass is 35.5. The van der Waals surface area contributed by atoms with Crippen molar-refractivity contribution in [3.63, 3.8) is 0 Å². The number of aromatic nitrogens is 5. The van der Waals surface area contributed by atoms with Gasteiger partial charge >= 0.3 is 0 Å². The first-order valence-corrected chi connectivity index (χ1v) is 10.3. The van der Waals surface area contributed by atoms with E-state index in [2.05, 4.69) is 55.1 Å². The number of hydrogen-bond acceptors (Lipinski definition) is 5. The minimum atomic E-state index is 0.418. The van der Waals surface area contributed by atoms with Crippen molar-refractivity contribution in [2.24, 2.45) is 0 Å². The summed E-state index contributed by atoms with van der Waals surface area (Å²) >= 11 is 6.27. The Morgan fingerprint density at radius 2 is 1.79 bits per heavy atom. The van der Waals surface area contributed by atoms with E-state index in [0.717, 1.165) is 61.1 Å². The molecule has 6 nitrogen and oxygen atoms in total. The molecule has 5 rings (SSSR count). The Morgan fingerprint density at radius 1 is 0.964 bits per heavy atom. The van der Waals surface area contributed by atoms with Crippen LogP contribution < -0.4 is 0 Å². The Labute approximate surface area is 169 Å². The third-order valence-electron chi connectivity index (χ3n) is 5.99. The zero-order chi connectivity index (χ0) is 19.1. The van der Waals surface area contributed by atoms with Crippen molar-refractivity contribution in [1.82, 2.24) is 29.9 Å². The molecule has 28 heavy (non-hydrogen) atoms. The molecule has 1 saturated carbocycles. The Balaban J connectivity index is 1.45. The summed E-state index contributed by atoms with van der Waals surface area (Å²) in [5.41, 5.74) is 3.51. The van der Waals surface area contributed by atoms with Gasteiger partial charge in [-0.15, -0.1) is 10.2 Å². The van der Waals surface area contributed by atoms with Crippen LogP contribution in [-0.4, -0.2) is 36.9 Å². The Hall–Kier alpha value is -2.31. The van der Waals surface area contributed by atoms with Gasteiger partial charge in [0.1, 0.15) is 5.82 Å². The lowest BCUT2D eigenvalue weighted by Crippen LogP contribution is -2.17. The fourth-order valence-electron chi connectivity index (χ4n) is 4.63. The number of rotatable bonds is 2. The summed E-state index contributed by atoms with van der Waals surface area (Å²) in [5.74, 6) is 3.01. The largest absolute Gasteiger partial charge is 0.295 e. The van der Waals surface area contributed by atoms with E-state index in [1.54, 1.807) is 6.20 Å². The lowest BCUT2D eigenvalue weighted by atomic mass is 9.80. The summed E-state index contributed by atoms with van der Waals surface area (Å²) in [6, 6.07) is 10.2. The number of nitrogens with zero attached hydrogens (tertiary/aromatic N) is 6. The number of fused-ring (bicyclic) bond motifs is 3. The van der Waals surface area contributed by atoms with Crippen LogP contribution >= 0.6 is 11.6 Å². The van der Waals surface area contributed by atoms with Crippen LogP contribution in [0.15, 0.2) is 36.5 Å². The normalized spacial score (nSPS) is 22.4. The summed E-state index contributed by atoms with van der Waals surface area (Å²) < 4.78 is 2.28. The van der Waals surface area contributed by atoms with Crippen LogP contribution in [0.5, 0.6) is 0 Å². The number of hydrogen-bond donors (Lipinski definition) is 0. The molecular formula is C21H23ClN6. The fraction of sp³-hybridized carbons (Fsp3) is 0.429. The molecule has 0 unspecified atom stereocenters. The number of halogens is 1. The van der Waals surface area contributed by atoms with Gasteiger partial charge in [-0.1, -0.05) is 11.6 Å². The molecule has 1 aromatic carbocycles. The van der Waals surface area contributed by atoms with Gasteiger partial charge in [0.2, 0.25) is 0 Å². The van der Waals surface area contributed by atoms with Crippen molar-refractivity contribution in [1.29, 1.82) is 0 Å². The first-order chi connectivity index (χ1) is 13.7. The standard InChI is InChI=1S/C21H23ClN6/c1-27-12-16-11-17(22)8-9-19(16)28-20(13-27)25-26-21(28)15-6-4-14(5-7-15)18-3-2-10-23-24-18/h2-3,8-11,14-15H,4-7,12-13H2,1H3. The van der Waals surface area contributed by atoms with Crippen LogP contribution in [0, 0.1) is 0 Å². The van der Waals surface area contributed by atoms with Gasteiger partial charge in [0.15, 0.2) is 5.82 Å². The van der Waals surface area contributed by atoms with Crippen molar-refractivity contribution in [2.45, 2.75) is 50.6 Å². The molecule has 7 heteroatoms. The highest BCUT2D eigenvalue weighted by Gasteiger charge is 2.30. The predicted molar refractivity (Wildman–Crippen MR) is 108 cm³/mol. The van der Waals surface area contributed by atoms with Gasteiger partial charge in [0.25, 0.3) is 0 Å². The molecule has 0 spiro atoms. The maximum Gasteiger partial charge on any atom is 0.151 e. The molecule has 3 heterocycles. The van der Waals surface area contributed by atoms with Gasteiger partial charge in [-0.2, -0.15) is 10.2 Å². The molecule has 1 fully saturated rings. The van der Waals surface area contributed by atoms with E-state index in [4.69, 9.17) is 11.6 Å².